The molecule has 1 aromatic heterocycles. The first-order valence-electron chi connectivity index (χ1n) is 4.68. The van der Waals surface area contributed by atoms with E-state index < -0.39 is 0 Å². The van der Waals surface area contributed by atoms with Crippen LogP contribution in [0.1, 0.15) is 12.6 Å². The van der Waals surface area contributed by atoms with Crippen LogP contribution in [0.2, 0.25) is 0 Å². The molecular weight excluding hydrogens is 178 g/mol. The number of phenols is 1. The third-order valence-electron chi connectivity index (χ3n) is 2.12. The summed E-state index contributed by atoms with van der Waals surface area (Å²) in [6.07, 6.45) is 0. The van der Waals surface area contributed by atoms with Crippen LogP contribution in [0.3, 0.4) is 0 Å². The van der Waals surface area contributed by atoms with Crippen molar-refractivity contribution in [2.75, 3.05) is 6.61 Å². The molecule has 0 aliphatic carbocycles. The summed E-state index contributed by atoms with van der Waals surface area (Å²) in [4.78, 5) is 3.19. The quantitative estimate of drug-likeness (QED) is 0.782. The Morgan fingerprint density at radius 3 is 3.00 bits per heavy atom. The van der Waals surface area contributed by atoms with Gasteiger partial charge < -0.3 is 14.8 Å². The molecule has 0 spiro atoms. The number of nitrogens with one attached hydrogen (secondary N) is 1. The molecule has 0 unspecified atom stereocenters. The van der Waals surface area contributed by atoms with Crippen LogP contribution in [0, 0.1) is 0 Å². The molecule has 0 radical (unpaired) electrons. The van der Waals surface area contributed by atoms with Crippen molar-refractivity contribution in [3.63, 3.8) is 0 Å². The number of phenolic OH excluding ortho intramolecular Hbond substituents is 1. The van der Waals surface area contributed by atoms with E-state index in [1.807, 2.05) is 19.1 Å². The summed E-state index contributed by atoms with van der Waals surface area (Å²) < 4.78 is 5.29. The van der Waals surface area contributed by atoms with E-state index in [-0.39, 0.29) is 5.75 Å². The van der Waals surface area contributed by atoms with Gasteiger partial charge in [0.15, 0.2) is 0 Å². The average molecular weight is 191 g/mol. The SMILES string of the molecule is CCOCc1cc2ccc(O)cc2[nH]1. The lowest BCUT2D eigenvalue weighted by molar-refractivity contribution is 0.132. The lowest BCUT2D eigenvalue weighted by atomic mass is 10.2. The van der Waals surface area contributed by atoms with Gasteiger partial charge in [-0.1, -0.05) is 0 Å². The predicted octanol–water partition coefficient (Wildman–Crippen LogP) is 2.41. The summed E-state index contributed by atoms with van der Waals surface area (Å²) in [5.74, 6) is 0.280. The fourth-order valence-corrected chi connectivity index (χ4v) is 1.46. The molecule has 0 amide bonds. The Hall–Kier alpha value is -1.48. The highest BCUT2D eigenvalue weighted by Crippen LogP contribution is 2.20. The molecule has 1 heterocycles. The number of rotatable bonds is 3. The van der Waals surface area contributed by atoms with Crippen LogP contribution < -0.4 is 0 Å². The third-order valence-corrected chi connectivity index (χ3v) is 2.12. The molecule has 74 valence electrons. The highest BCUT2D eigenvalue weighted by Gasteiger charge is 2.00. The van der Waals surface area contributed by atoms with Crippen LogP contribution in [0.4, 0.5) is 0 Å². The Bertz CT molecular complexity index is 434. The van der Waals surface area contributed by atoms with Gasteiger partial charge in [-0.15, -0.1) is 0 Å². The van der Waals surface area contributed by atoms with E-state index >= 15 is 0 Å². The van der Waals surface area contributed by atoms with E-state index in [1.165, 1.54) is 0 Å². The number of ether oxygens (including phenoxy) is 1. The fourth-order valence-electron chi connectivity index (χ4n) is 1.46. The van der Waals surface area contributed by atoms with E-state index in [0.29, 0.717) is 13.2 Å². The van der Waals surface area contributed by atoms with Crippen molar-refractivity contribution in [2.45, 2.75) is 13.5 Å². The fraction of sp³-hybridized carbons (Fsp3) is 0.273. The molecule has 0 atom stereocenters. The van der Waals surface area contributed by atoms with Gasteiger partial charge in [0.05, 0.1) is 6.61 Å². The second kappa shape index (κ2) is 3.72. The number of aromatic nitrogens is 1. The molecule has 2 aromatic rings. The minimum absolute atomic E-state index is 0.280. The normalized spacial score (nSPS) is 10.9. The molecule has 3 nitrogen and oxygen atoms in total. The lowest BCUT2D eigenvalue weighted by Crippen LogP contribution is -1.90. The van der Waals surface area contributed by atoms with Gasteiger partial charge in [-0.3, -0.25) is 0 Å². The van der Waals surface area contributed by atoms with Gasteiger partial charge in [-0.05, 0) is 25.1 Å². The number of benzene rings is 1. The Kier molecular flexibility index (Phi) is 2.41. The molecular formula is C11H13NO2. The summed E-state index contributed by atoms with van der Waals surface area (Å²) in [5.41, 5.74) is 1.98. The molecule has 0 bridgehead atoms. The number of aromatic hydroxyl groups is 1. The first kappa shape index (κ1) is 9.09. The standard InChI is InChI=1S/C11H13NO2/c1-2-14-7-9-5-8-3-4-10(13)6-11(8)12-9/h3-6,12-13H,2,7H2,1H3. The summed E-state index contributed by atoms with van der Waals surface area (Å²) in [7, 11) is 0. The maximum Gasteiger partial charge on any atom is 0.117 e. The molecule has 1 aromatic carbocycles. The molecule has 2 rings (SSSR count). The van der Waals surface area contributed by atoms with Crippen molar-refractivity contribution in [2.24, 2.45) is 0 Å². The maximum absolute atomic E-state index is 9.26. The Morgan fingerprint density at radius 1 is 1.36 bits per heavy atom. The van der Waals surface area contributed by atoms with Gasteiger partial charge in [0.2, 0.25) is 0 Å². The van der Waals surface area contributed by atoms with Crippen LogP contribution in [0.15, 0.2) is 24.3 Å². The van der Waals surface area contributed by atoms with Crippen LogP contribution in [0.25, 0.3) is 10.9 Å². The van der Waals surface area contributed by atoms with Crippen molar-refractivity contribution < 1.29 is 9.84 Å². The Labute approximate surface area is 82.3 Å². The van der Waals surface area contributed by atoms with Crippen LogP contribution >= 0.6 is 0 Å². The van der Waals surface area contributed by atoms with Gasteiger partial charge >= 0.3 is 0 Å². The predicted molar refractivity (Wildman–Crippen MR) is 55.3 cm³/mol. The van der Waals surface area contributed by atoms with E-state index in [9.17, 15) is 5.11 Å². The van der Waals surface area contributed by atoms with Crippen molar-refractivity contribution in [3.8, 4) is 5.75 Å². The minimum Gasteiger partial charge on any atom is -0.508 e. The van der Waals surface area contributed by atoms with Crippen molar-refractivity contribution in [1.82, 2.24) is 4.98 Å². The van der Waals surface area contributed by atoms with E-state index in [2.05, 4.69) is 4.98 Å². The number of hydrogen-bond donors (Lipinski definition) is 2. The van der Waals surface area contributed by atoms with Crippen LogP contribution in [-0.2, 0) is 11.3 Å². The first-order chi connectivity index (χ1) is 6.79. The average Bonchev–Trinajstić information content (AvgIpc) is 2.56. The zero-order valence-electron chi connectivity index (χ0n) is 8.08. The highest BCUT2D eigenvalue weighted by molar-refractivity contribution is 5.81. The first-order valence-corrected chi connectivity index (χ1v) is 4.68. The van der Waals surface area contributed by atoms with Gasteiger partial charge in [0, 0.05) is 29.3 Å². The molecule has 2 N–H and O–H groups in total. The molecule has 0 aliphatic heterocycles. The number of H-pyrrole nitrogens is 1. The molecule has 0 aliphatic rings. The second-order valence-corrected chi connectivity index (χ2v) is 3.20. The van der Waals surface area contributed by atoms with Crippen molar-refractivity contribution in [1.29, 1.82) is 0 Å². The Balaban J connectivity index is 2.32. The van der Waals surface area contributed by atoms with Gasteiger partial charge in [0.25, 0.3) is 0 Å². The summed E-state index contributed by atoms with van der Waals surface area (Å²) in [6, 6.07) is 7.31. The van der Waals surface area contributed by atoms with E-state index in [4.69, 9.17) is 4.74 Å². The Morgan fingerprint density at radius 2 is 2.21 bits per heavy atom. The zero-order chi connectivity index (χ0) is 9.97. The molecule has 0 saturated carbocycles. The maximum atomic E-state index is 9.26. The lowest BCUT2D eigenvalue weighted by Gasteiger charge is -1.95. The summed E-state index contributed by atoms with van der Waals surface area (Å²) in [6.45, 7) is 3.26. The number of aromatic amines is 1. The summed E-state index contributed by atoms with van der Waals surface area (Å²) in [5, 5.41) is 10.4. The van der Waals surface area contributed by atoms with Crippen LogP contribution in [-0.4, -0.2) is 16.7 Å². The van der Waals surface area contributed by atoms with Gasteiger partial charge in [-0.25, -0.2) is 0 Å². The van der Waals surface area contributed by atoms with Gasteiger partial charge in [-0.2, -0.15) is 0 Å². The molecule has 3 heteroatoms. The largest absolute Gasteiger partial charge is 0.508 e. The molecule has 0 fully saturated rings. The third kappa shape index (κ3) is 1.72. The topological polar surface area (TPSA) is 45.2 Å². The van der Waals surface area contributed by atoms with Crippen LogP contribution in [0.5, 0.6) is 5.75 Å². The van der Waals surface area contributed by atoms with Crippen molar-refractivity contribution in [3.05, 3.63) is 30.0 Å². The number of fused-ring (bicyclic) bond motifs is 1. The second-order valence-electron chi connectivity index (χ2n) is 3.20. The minimum atomic E-state index is 0.280. The van der Waals surface area contributed by atoms with E-state index in [1.54, 1.807) is 12.1 Å². The zero-order valence-corrected chi connectivity index (χ0v) is 8.08. The smallest absolute Gasteiger partial charge is 0.117 e. The molecule has 0 saturated heterocycles. The highest BCUT2D eigenvalue weighted by atomic mass is 16.5. The monoisotopic (exact) mass is 191 g/mol. The van der Waals surface area contributed by atoms with E-state index in [0.717, 1.165) is 16.6 Å². The van der Waals surface area contributed by atoms with Gasteiger partial charge in [0.1, 0.15) is 5.75 Å². The molecule has 14 heavy (non-hydrogen) atoms. The summed E-state index contributed by atoms with van der Waals surface area (Å²) >= 11 is 0. The van der Waals surface area contributed by atoms with Crippen molar-refractivity contribution >= 4 is 10.9 Å². The number of hydrogen-bond acceptors (Lipinski definition) is 2.